The van der Waals surface area contributed by atoms with Gasteiger partial charge in [-0.05, 0) is 56.1 Å². The second-order valence-electron chi connectivity index (χ2n) is 7.59. The van der Waals surface area contributed by atoms with Crippen molar-refractivity contribution in [3.05, 3.63) is 59.7 Å². The fourth-order valence-corrected chi connectivity index (χ4v) is 3.41. The van der Waals surface area contributed by atoms with Crippen LogP contribution in [0.2, 0.25) is 0 Å². The van der Waals surface area contributed by atoms with Gasteiger partial charge in [-0.1, -0.05) is 30.3 Å². The first-order valence-electron chi connectivity index (χ1n) is 10.2. The summed E-state index contributed by atoms with van der Waals surface area (Å²) in [6, 6.07) is 16.1. The second-order valence-corrected chi connectivity index (χ2v) is 7.59. The first-order valence-corrected chi connectivity index (χ1v) is 10.2. The lowest BCUT2D eigenvalue weighted by Gasteiger charge is -2.34. The maximum atomic E-state index is 12.0. The molecule has 154 valence electrons. The van der Waals surface area contributed by atoms with Gasteiger partial charge in [0.05, 0.1) is 0 Å². The number of nitrogens with zero attached hydrogens (tertiary/aromatic N) is 2. The Morgan fingerprint density at radius 3 is 2.31 bits per heavy atom. The van der Waals surface area contributed by atoms with Crippen molar-refractivity contribution in [3.63, 3.8) is 0 Å². The van der Waals surface area contributed by atoms with Gasteiger partial charge in [-0.2, -0.15) is 0 Å². The highest BCUT2D eigenvalue weighted by Gasteiger charge is 2.15. The van der Waals surface area contributed by atoms with Crippen LogP contribution in [0, 0.1) is 6.92 Å². The number of hydrogen-bond acceptors (Lipinski definition) is 4. The van der Waals surface area contributed by atoms with Crippen molar-refractivity contribution < 1.29 is 9.59 Å². The van der Waals surface area contributed by atoms with Crippen LogP contribution in [-0.2, 0) is 16.0 Å². The van der Waals surface area contributed by atoms with Crippen LogP contribution < -0.4 is 15.5 Å². The summed E-state index contributed by atoms with van der Waals surface area (Å²) in [6.45, 7) is 6.68. The third-order valence-corrected chi connectivity index (χ3v) is 5.33. The minimum Gasteiger partial charge on any atom is -0.369 e. The minimum absolute atomic E-state index is 0.472. The standard InChI is InChI=1S/C23H30N4O2/c1-18-6-3-4-8-21(18)25-23(29)22(28)24-13-5-7-19-9-11-20(12-10-19)27-16-14-26(2)15-17-27/h3-4,6,8-12H,5,7,13-17H2,1-2H3,(H,24,28)(H,25,29). The molecule has 0 aromatic heterocycles. The van der Waals surface area contributed by atoms with Crippen molar-refractivity contribution in [1.29, 1.82) is 0 Å². The molecule has 6 nitrogen and oxygen atoms in total. The molecule has 2 N–H and O–H groups in total. The number of carbonyl (C=O) groups is 2. The molecule has 1 aliphatic rings. The highest BCUT2D eigenvalue weighted by molar-refractivity contribution is 6.39. The summed E-state index contributed by atoms with van der Waals surface area (Å²) in [5.74, 6) is -1.23. The number of hydrogen-bond donors (Lipinski definition) is 2. The third kappa shape index (κ3) is 6.06. The molecular formula is C23H30N4O2. The van der Waals surface area contributed by atoms with Crippen LogP contribution in [0.3, 0.4) is 0 Å². The molecule has 2 aromatic carbocycles. The van der Waals surface area contributed by atoms with Gasteiger partial charge < -0.3 is 20.4 Å². The van der Waals surface area contributed by atoms with Crippen molar-refractivity contribution in [2.24, 2.45) is 0 Å². The maximum absolute atomic E-state index is 12.0. The molecule has 0 saturated carbocycles. The lowest BCUT2D eigenvalue weighted by atomic mass is 10.1. The molecule has 0 atom stereocenters. The van der Waals surface area contributed by atoms with Crippen molar-refractivity contribution >= 4 is 23.2 Å². The summed E-state index contributed by atoms with van der Waals surface area (Å²) >= 11 is 0. The van der Waals surface area contributed by atoms with Crippen LogP contribution in [0.15, 0.2) is 48.5 Å². The Hall–Kier alpha value is -2.86. The summed E-state index contributed by atoms with van der Waals surface area (Å²) in [7, 11) is 2.16. The van der Waals surface area contributed by atoms with Crippen LogP contribution >= 0.6 is 0 Å². The number of rotatable bonds is 6. The van der Waals surface area contributed by atoms with Gasteiger partial charge in [-0.3, -0.25) is 9.59 Å². The molecule has 0 aliphatic carbocycles. The first-order chi connectivity index (χ1) is 14.0. The second kappa shape index (κ2) is 10.1. The summed E-state index contributed by atoms with van der Waals surface area (Å²) in [6.07, 6.45) is 1.65. The monoisotopic (exact) mass is 394 g/mol. The molecule has 29 heavy (non-hydrogen) atoms. The third-order valence-electron chi connectivity index (χ3n) is 5.33. The number of amides is 2. The van der Waals surface area contributed by atoms with Gasteiger partial charge in [0.15, 0.2) is 0 Å². The van der Waals surface area contributed by atoms with E-state index in [1.807, 2.05) is 25.1 Å². The average Bonchev–Trinajstić information content (AvgIpc) is 2.74. The molecule has 0 unspecified atom stereocenters. The fourth-order valence-electron chi connectivity index (χ4n) is 3.41. The Kier molecular flexibility index (Phi) is 7.25. The van der Waals surface area contributed by atoms with E-state index in [4.69, 9.17) is 0 Å². The predicted octanol–water partition coefficient (Wildman–Crippen LogP) is 2.43. The smallest absolute Gasteiger partial charge is 0.313 e. The van der Waals surface area contributed by atoms with Crippen molar-refractivity contribution in [3.8, 4) is 0 Å². The Morgan fingerprint density at radius 2 is 1.62 bits per heavy atom. The van der Waals surface area contributed by atoms with E-state index in [9.17, 15) is 9.59 Å². The van der Waals surface area contributed by atoms with Crippen LogP contribution in [0.4, 0.5) is 11.4 Å². The molecular weight excluding hydrogens is 364 g/mol. The number of carbonyl (C=O) groups excluding carboxylic acids is 2. The Balaban J connectivity index is 1.38. The molecule has 1 heterocycles. The molecule has 2 aromatic rings. The van der Waals surface area contributed by atoms with E-state index in [0.717, 1.165) is 44.6 Å². The van der Waals surface area contributed by atoms with Gasteiger partial charge in [0.2, 0.25) is 0 Å². The number of anilines is 2. The Morgan fingerprint density at radius 1 is 0.931 bits per heavy atom. The number of piperazine rings is 1. The largest absolute Gasteiger partial charge is 0.369 e. The zero-order chi connectivity index (χ0) is 20.6. The molecule has 1 fully saturated rings. The van der Waals surface area contributed by atoms with Gasteiger partial charge in [0, 0.05) is 44.1 Å². The van der Waals surface area contributed by atoms with Crippen molar-refractivity contribution in [2.45, 2.75) is 19.8 Å². The van der Waals surface area contributed by atoms with Crippen LogP contribution in [-0.4, -0.2) is 56.5 Å². The summed E-state index contributed by atoms with van der Waals surface area (Å²) < 4.78 is 0. The molecule has 1 saturated heterocycles. The quantitative estimate of drug-likeness (QED) is 0.583. The Bertz CT molecular complexity index is 827. The van der Waals surface area contributed by atoms with Crippen LogP contribution in [0.5, 0.6) is 0 Å². The number of para-hydroxylation sites is 1. The average molecular weight is 395 g/mol. The molecule has 0 radical (unpaired) electrons. The van der Waals surface area contributed by atoms with E-state index in [0.29, 0.717) is 12.2 Å². The molecule has 3 rings (SSSR count). The van der Waals surface area contributed by atoms with Gasteiger partial charge in [0.25, 0.3) is 0 Å². The van der Waals surface area contributed by atoms with Gasteiger partial charge in [-0.15, -0.1) is 0 Å². The molecule has 6 heteroatoms. The molecule has 0 spiro atoms. The predicted molar refractivity (Wildman–Crippen MR) is 117 cm³/mol. The van der Waals surface area contributed by atoms with E-state index in [-0.39, 0.29) is 0 Å². The zero-order valence-corrected chi connectivity index (χ0v) is 17.3. The summed E-state index contributed by atoms with van der Waals surface area (Å²) in [5.41, 5.74) is 4.09. The summed E-state index contributed by atoms with van der Waals surface area (Å²) in [4.78, 5) is 28.7. The SMILES string of the molecule is Cc1ccccc1NC(=O)C(=O)NCCCc1ccc(N2CCN(C)CC2)cc1. The van der Waals surface area contributed by atoms with Crippen molar-refractivity contribution in [2.75, 3.05) is 50.0 Å². The van der Waals surface area contributed by atoms with Crippen LogP contribution in [0.25, 0.3) is 0 Å². The first kappa shape index (κ1) is 20.9. The van der Waals surface area contributed by atoms with Gasteiger partial charge >= 0.3 is 11.8 Å². The van der Waals surface area contributed by atoms with E-state index in [1.165, 1.54) is 11.3 Å². The van der Waals surface area contributed by atoms with Gasteiger partial charge in [-0.25, -0.2) is 0 Å². The summed E-state index contributed by atoms with van der Waals surface area (Å²) in [5, 5.41) is 5.35. The highest BCUT2D eigenvalue weighted by atomic mass is 16.2. The lowest BCUT2D eigenvalue weighted by Crippen LogP contribution is -2.44. The van der Waals surface area contributed by atoms with E-state index in [1.54, 1.807) is 6.07 Å². The van der Waals surface area contributed by atoms with Crippen LogP contribution in [0.1, 0.15) is 17.5 Å². The lowest BCUT2D eigenvalue weighted by molar-refractivity contribution is -0.136. The minimum atomic E-state index is -0.629. The molecule has 2 amide bonds. The Labute approximate surface area is 172 Å². The molecule has 1 aliphatic heterocycles. The normalized spacial score (nSPS) is 14.5. The van der Waals surface area contributed by atoms with Gasteiger partial charge in [0.1, 0.15) is 0 Å². The topological polar surface area (TPSA) is 64.7 Å². The highest BCUT2D eigenvalue weighted by Crippen LogP contribution is 2.17. The maximum Gasteiger partial charge on any atom is 0.313 e. The number of benzene rings is 2. The van der Waals surface area contributed by atoms with E-state index in [2.05, 4.69) is 51.7 Å². The molecule has 0 bridgehead atoms. The number of aryl methyl sites for hydroxylation is 2. The van der Waals surface area contributed by atoms with E-state index < -0.39 is 11.8 Å². The van der Waals surface area contributed by atoms with E-state index >= 15 is 0 Å². The zero-order valence-electron chi connectivity index (χ0n) is 17.3. The van der Waals surface area contributed by atoms with Crippen molar-refractivity contribution in [1.82, 2.24) is 10.2 Å². The fraction of sp³-hybridized carbons (Fsp3) is 0.391. The number of nitrogens with one attached hydrogen (secondary N) is 2. The number of likely N-dealkylation sites (N-methyl/N-ethyl adjacent to an activating group) is 1.